The average Bonchev–Trinajstić information content (AvgIpc) is 2.88. The van der Waals surface area contributed by atoms with Crippen LogP contribution in [0.5, 0.6) is 5.75 Å². The summed E-state index contributed by atoms with van der Waals surface area (Å²) in [6.45, 7) is 4.48. The van der Waals surface area contributed by atoms with Gasteiger partial charge < -0.3 is 15.0 Å². The lowest BCUT2D eigenvalue weighted by atomic mass is 10.1. The van der Waals surface area contributed by atoms with Crippen molar-refractivity contribution in [1.82, 2.24) is 14.5 Å². The maximum absolute atomic E-state index is 13.6. The summed E-state index contributed by atoms with van der Waals surface area (Å²) in [5, 5.41) is 3.88. The van der Waals surface area contributed by atoms with Crippen molar-refractivity contribution in [3.63, 3.8) is 0 Å². The summed E-state index contributed by atoms with van der Waals surface area (Å²) >= 11 is 6.13. The molecular formula is C27H27ClN4O3. The highest BCUT2D eigenvalue weighted by molar-refractivity contribution is 6.31. The number of methoxy groups -OCH3 is 1. The molecule has 0 fully saturated rings. The third-order valence-electron chi connectivity index (χ3n) is 5.91. The van der Waals surface area contributed by atoms with E-state index in [9.17, 15) is 9.59 Å². The molecule has 7 nitrogen and oxygen atoms in total. The van der Waals surface area contributed by atoms with E-state index < -0.39 is 6.04 Å². The first-order valence-corrected chi connectivity index (χ1v) is 11.7. The van der Waals surface area contributed by atoms with Crippen LogP contribution in [0.15, 0.2) is 77.6 Å². The second-order valence-electron chi connectivity index (χ2n) is 8.10. The van der Waals surface area contributed by atoms with Crippen LogP contribution in [0.1, 0.15) is 31.3 Å². The highest BCUT2D eigenvalue weighted by atomic mass is 35.5. The molecule has 0 aliphatic heterocycles. The fraction of sp³-hybridized carbons (Fsp3) is 0.222. The lowest BCUT2D eigenvalue weighted by Crippen LogP contribution is -2.39. The van der Waals surface area contributed by atoms with Crippen molar-refractivity contribution in [2.75, 3.05) is 12.4 Å². The Kier molecular flexibility index (Phi) is 7.36. The summed E-state index contributed by atoms with van der Waals surface area (Å²) in [6.07, 6.45) is 0. The predicted octanol–water partition coefficient (Wildman–Crippen LogP) is 5.87. The molecule has 4 rings (SSSR count). The topological polar surface area (TPSA) is 76.5 Å². The van der Waals surface area contributed by atoms with Crippen LogP contribution in [0.25, 0.3) is 10.9 Å². The van der Waals surface area contributed by atoms with Gasteiger partial charge in [0.25, 0.3) is 5.56 Å². The summed E-state index contributed by atoms with van der Waals surface area (Å²) in [5.41, 5.74) is 1.86. The minimum Gasteiger partial charge on any atom is -0.495 e. The third-order valence-corrected chi connectivity index (χ3v) is 6.14. The maximum atomic E-state index is 13.6. The summed E-state index contributed by atoms with van der Waals surface area (Å²) in [7, 11) is 1.56. The van der Waals surface area contributed by atoms with E-state index >= 15 is 0 Å². The molecule has 8 heteroatoms. The molecule has 0 bridgehead atoms. The first kappa shape index (κ1) is 24.3. The number of para-hydroxylation sites is 2. The van der Waals surface area contributed by atoms with Gasteiger partial charge in [0, 0.05) is 18.1 Å². The number of ether oxygens (including phenoxy) is 1. The highest BCUT2D eigenvalue weighted by Gasteiger charge is 2.27. The normalized spacial score (nSPS) is 11.8. The number of aromatic nitrogens is 2. The Bertz CT molecular complexity index is 1400. The van der Waals surface area contributed by atoms with E-state index in [4.69, 9.17) is 21.3 Å². The highest BCUT2D eigenvalue weighted by Crippen LogP contribution is 2.27. The van der Waals surface area contributed by atoms with Gasteiger partial charge in [-0.05, 0) is 49.7 Å². The number of nitrogens with one attached hydrogen (secondary N) is 1. The van der Waals surface area contributed by atoms with Crippen LogP contribution >= 0.6 is 11.6 Å². The van der Waals surface area contributed by atoms with Gasteiger partial charge in [0.15, 0.2) is 0 Å². The smallest absolute Gasteiger partial charge is 0.322 e. The number of rotatable bonds is 7. The number of anilines is 1. The number of amides is 2. The Morgan fingerprint density at radius 1 is 1.11 bits per heavy atom. The molecule has 2 amide bonds. The van der Waals surface area contributed by atoms with E-state index in [1.54, 1.807) is 46.9 Å². The molecule has 1 heterocycles. The SMILES string of the molecule is CCn1c(C(C)N(Cc2ccccc2)C(=O)Nc2ccccc2OC)nc2ccc(Cl)cc2c1=O. The minimum atomic E-state index is -0.516. The zero-order valence-electron chi connectivity index (χ0n) is 19.9. The molecule has 1 aromatic heterocycles. The van der Waals surface area contributed by atoms with E-state index in [2.05, 4.69) is 5.32 Å². The van der Waals surface area contributed by atoms with Crippen LogP contribution in [-0.2, 0) is 13.1 Å². The summed E-state index contributed by atoms with van der Waals surface area (Å²) in [6, 6.07) is 21.1. The Balaban J connectivity index is 1.78. The number of urea groups is 1. The second-order valence-corrected chi connectivity index (χ2v) is 8.54. The molecule has 1 unspecified atom stereocenters. The standard InChI is InChI=1S/C27H27ClN4O3/c1-4-31-25(29-22-15-14-20(28)16-21(22)26(31)33)18(2)32(17-19-10-6-5-7-11-19)27(34)30-23-12-8-9-13-24(23)35-3/h5-16,18H,4,17H2,1-3H3,(H,30,34). The second kappa shape index (κ2) is 10.6. The lowest BCUT2D eigenvalue weighted by molar-refractivity contribution is 0.184. The van der Waals surface area contributed by atoms with Crippen LogP contribution in [0, 0.1) is 0 Å². The first-order valence-electron chi connectivity index (χ1n) is 11.4. The van der Waals surface area contributed by atoms with Gasteiger partial charge >= 0.3 is 6.03 Å². The van der Waals surface area contributed by atoms with Crippen LogP contribution < -0.4 is 15.6 Å². The van der Waals surface area contributed by atoms with Gasteiger partial charge in [0.2, 0.25) is 0 Å². The molecule has 4 aromatic rings. The number of nitrogens with zero attached hydrogens (tertiary/aromatic N) is 3. The number of hydrogen-bond donors (Lipinski definition) is 1. The molecule has 0 radical (unpaired) electrons. The summed E-state index contributed by atoms with van der Waals surface area (Å²) < 4.78 is 6.99. The van der Waals surface area contributed by atoms with E-state index in [1.165, 1.54) is 0 Å². The molecule has 0 saturated heterocycles. The largest absolute Gasteiger partial charge is 0.495 e. The summed E-state index contributed by atoms with van der Waals surface area (Å²) in [5.74, 6) is 1.05. The van der Waals surface area contributed by atoms with Crippen molar-refractivity contribution in [3.05, 3.63) is 99.6 Å². The zero-order valence-corrected chi connectivity index (χ0v) is 20.6. The molecule has 1 N–H and O–H groups in total. The maximum Gasteiger partial charge on any atom is 0.322 e. The molecule has 0 aliphatic carbocycles. The number of halogens is 1. The number of fused-ring (bicyclic) bond motifs is 1. The number of benzene rings is 3. The van der Waals surface area contributed by atoms with Gasteiger partial charge in [-0.15, -0.1) is 0 Å². The fourth-order valence-corrected chi connectivity index (χ4v) is 4.25. The third kappa shape index (κ3) is 5.15. The summed E-state index contributed by atoms with van der Waals surface area (Å²) in [4.78, 5) is 33.4. The Hall–Kier alpha value is -3.84. The van der Waals surface area contributed by atoms with Crippen molar-refractivity contribution in [1.29, 1.82) is 0 Å². The van der Waals surface area contributed by atoms with Gasteiger partial charge in [0.05, 0.1) is 29.7 Å². The Morgan fingerprint density at radius 3 is 2.54 bits per heavy atom. The predicted molar refractivity (Wildman–Crippen MR) is 139 cm³/mol. The van der Waals surface area contributed by atoms with Crippen LogP contribution in [0.4, 0.5) is 10.5 Å². The first-order chi connectivity index (χ1) is 16.9. The lowest BCUT2D eigenvalue weighted by Gasteiger charge is -2.31. The molecule has 0 aliphatic rings. The van der Waals surface area contributed by atoms with Crippen molar-refractivity contribution < 1.29 is 9.53 Å². The molecule has 0 spiro atoms. The van der Waals surface area contributed by atoms with Crippen LogP contribution in [0.2, 0.25) is 5.02 Å². The van der Waals surface area contributed by atoms with Crippen molar-refractivity contribution >= 4 is 34.2 Å². The average molecular weight is 491 g/mol. The Morgan fingerprint density at radius 2 is 1.83 bits per heavy atom. The number of carbonyl (C=O) groups is 1. The molecule has 180 valence electrons. The molecule has 1 atom stereocenters. The fourth-order valence-electron chi connectivity index (χ4n) is 4.07. The van der Waals surface area contributed by atoms with E-state index in [-0.39, 0.29) is 11.6 Å². The van der Waals surface area contributed by atoms with E-state index in [0.717, 1.165) is 5.56 Å². The number of hydrogen-bond acceptors (Lipinski definition) is 4. The quantitative estimate of drug-likeness (QED) is 0.351. The molecule has 0 saturated carbocycles. The number of carbonyl (C=O) groups excluding carboxylic acids is 1. The monoisotopic (exact) mass is 490 g/mol. The zero-order chi connectivity index (χ0) is 24.9. The van der Waals surface area contributed by atoms with Gasteiger partial charge in [-0.25, -0.2) is 9.78 Å². The van der Waals surface area contributed by atoms with Gasteiger partial charge in [-0.1, -0.05) is 54.1 Å². The Labute approximate surface area is 208 Å². The van der Waals surface area contributed by atoms with Crippen LogP contribution in [0.3, 0.4) is 0 Å². The van der Waals surface area contributed by atoms with E-state index in [1.807, 2.05) is 56.3 Å². The van der Waals surface area contributed by atoms with E-state index in [0.29, 0.717) is 46.3 Å². The molecule has 3 aromatic carbocycles. The van der Waals surface area contributed by atoms with Crippen molar-refractivity contribution in [3.8, 4) is 5.75 Å². The van der Waals surface area contributed by atoms with Gasteiger partial charge in [0.1, 0.15) is 11.6 Å². The van der Waals surface area contributed by atoms with Gasteiger partial charge in [-0.2, -0.15) is 0 Å². The van der Waals surface area contributed by atoms with Crippen LogP contribution in [-0.4, -0.2) is 27.6 Å². The van der Waals surface area contributed by atoms with Gasteiger partial charge in [-0.3, -0.25) is 9.36 Å². The van der Waals surface area contributed by atoms with Crippen molar-refractivity contribution in [2.45, 2.75) is 33.0 Å². The molecular weight excluding hydrogens is 464 g/mol. The molecule has 35 heavy (non-hydrogen) atoms. The van der Waals surface area contributed by atoms with Crippen molar-refractivity contribution in [2.24, 2.45) is 0 Å². The minimum absolute atomic E-state index is 0.188.